The van der Waals surface area contributed by atoms with Crippen molar-refractivity contribution >= 4 is 36.2 Å². The van der Waals surface area contributed by atoms with Crippen LogP contribution >= 0.6 is 0 Å². The molecule has 0 aromatic heterocycles. The van der Waals surface area contributed by atoms with Crippen LogP contribution < -0.4 is 10.9 Å². The summed E-state index contributed by atoms with van der Waals surface area (Å²) in [5.41, 5.74) is 11.0. The molecule has 0 aliphatic carbocycles. The van der Waals surface area contributed by atoms with Crippen LogP contribution in [0.4, 0.5) is 5.69 Å². The van der Waals surface area contributed by atoms with Gasteiger partial charge in [0.2, 0.25) is 0 Å². The van der Waals surface area contributed by atoms with Gasteiger partial charge in [0.05, 0.1) is 18.1 Å². The Morgan fingerprint density at radius 2 is 1.19 bits per heavy atom. The van der Waals surface area contributed by atoms with E-state index in [4.69, 9.17) is 0 Å². The topological polar surface area (TPSA) is 65.8 Å². The molecule has 0 fully saturated rings. The van der Waals surface area contributed by atoms with E-state index in [1.54, 1.807) is 36.7 Å². The maximum absolute atomic E-state index is 12.3. The van der Waals surface area contributed by atoms with E-state index in [1.165, 1.54) is 0 Å². The Balaban J connectivity index is 1.49. The molecule has 0 atom stereocenters. The van der Waals surface area contributed by atoms with Crippen LogP contribution in [0.2, 0.25) is 0 Å². The van der Waals surface area contributed by atoms with Gasteiger partial charge in [-0.05, 0) is 60.4 Å². The van der Waals surface area contributed by atoms with Crippen LogP contribution in [-0.4, -0.2) is 18.3 Å². The van der Waals surface area contributed by atoms with E-state index >= 15 is 0 Å². The second-order valence-corrected chi connectivity index (χ2v) is 7.24. The zero-order chi connectivity index (χ0) is 22.6. The number of carbonyl (C=O) groups excluding carboxylic acids is 1. The zero-order valence-electron chi connectivity index (χ0n) is 18.2. The first-order valence-electron chi connectivity index (χ1n) is 10.3. The van der Waals surface area contributed by atoms with Gasteiger partial charge in [0.15, 0.2) is 0 Å². The second kappa shape index (κ2) is 11.8. The van der Waals surface area contributed by atoms with Crippen LogP contribution in [0.5, 0.6) is 0 Å². The van der Waals surface area contributed by atoms with Gasteiger partial charge in [0, 0.05) is 5.56 Å². The first-order chi connectivity index (χ1) is 15.6. The summed E-state index contributed by atoms with van der Waals surface area (Å²) in [7, 11) is 0. The zero-order valence-corrected chi connectivity index (χ0v) is 18.2. The van der Waals surface area contributed by atoms with Crippen LogP contribution in [0.3, 0.4) is 0 Å². The molecule has 5 heteroatoms. The molecular weight excluding hydrogens is 396 g/mol. The lowest BCUT2D eigenvalue weighted by molar-refractivity contribution is 0.0955. The van der Waals surface area contributed by atoms with E-state index in [0.717, 1.165) is 28.0 Å². The van der Waals surface area contributed by atoms with Crippen molar-refractivity contribution in [1.29, 1.82) is 0 Å². The van der Waals surface area contributed by atoms with Gasteiger partial charge in [-0.25, -0.2) is 5.43 Å². The Labute approximate surface area is 188 Å². The third-order valence-corrected chi connectivity index (χ3v) is 4.43. The van der Waals surface area contributed by atoms with Crippen molar-refractivity contribution in [1.82, 2.24) is 5.43 Å². The molecular formula is C27H26N4O. The van der Waals surface area contributed by atoms with E-state index in [0.29, 0.717) is 5.56 Å². The van der Waals surface area contributed by atoms with Crippen molar-refractivity contribution < 1.29 is 4.79 Å². The molecule has 0 saturated heterocycles. The minimum atomic E-state index is -0.273. The molecule has 0 spiro atoms. The van der Waals surface area contributed by atoms with E-state index in [1.807, 2.05) is 80.6 Å². The lowest BCUT2D eigenvalue weighted by Crippen LogP contribution is -2.17. The fraction of sp³-hybridized carbons (Fsp3) is 0.0741. The van der Waals surface area contributed by atoms with Gasteiger partial charge in [-0.1, -0.05) is 72.8 Å². The molecule has 1 amide bonds. The summed E-state index contributed by atoms with van der Waals surface area (Å²) in [5.74, 6) is -0.273. The summed E-state index contributed by atoms with van der Waals surface area (Å²) in [6.45, 7) is 3.92. The molecule has 3 rings (SSSR count). The monoisotopic (exact) mass is 422 g/mol. The molecule has 160 valence electrons. The molecule has 0 bridgehead atoms. The van der Waals surface area contributed by atoms with Gasteiger partial charge < -0.3 is 0 Å². The van der Waals surface area contributed by atoms with Crippen molar-refractivity contribution in [3.05, 3.63) is 113 Å². The van der Waals surface area contributed by atoms with E-state index in [2.05, 4.69) is 27.1 Å². The molecule has 0 radical (unpaired) electrons. The van der Waals surface area contributed by atoms with Crippen molar-refractivity contribution in [3.8, 4) is 0 Å². The van der Waals surface area contributed by atoms with Crippen LogP contribution in [-0.2, 0) is 0 Å². The summed E-state index contributed by atoms with van der Waals surface area (Å²) >= 11 is 0. The van der Waals surface area contributed by atoms with Gasteiger partial charge in [-0.2, -0.15) is 10.2 Å². The Kier molecular flexibility index (Phi) is 8.28. The smallest absolute Gasteiger partial charge is 0.271 e. The van der Waals surface area contributed by atoms with E-state index in [-0.39, 0.29) is 5.91 Å². The number of allylic oxidation sites excluding steroid dienone is 2. The number of rotatable bonds is 8. The number of anilines is 1. The molecule has 3 aromatic carbocycles. The highest BCUT2D eigenvalue weighted by Crippen LogP contribution is 2.10. The number of nitrogens with zero attached hydrogens (tertiary/aromatic N) is 2. The number of amides is 1. The minimum absolute atomic E-state index is 0.273. The molecule has 0 aliphatic rings. The highest BCUT2D eigenvalue weighted by Gasteiger charge is 2.03. The van der Waals surface area contributed by atoms with E-state index in [9.17, 15) is 4.79 Å². The fourth-order valence-corrected chi connectivity index (χ4v) is 2.86. The number of nitrogens with one attached hydrogen (secondary N) is 2. The quantitative estimate of drug-likeness (QED) is 0.345. The average Bonchev–Trinajstić information content (AvgIpc) is 2.81. The summed E-state index contributed by atoms with van der Waals surface area (Å²) < 4.78 is 0. The highest BCUT2D eigenvalue weighted by atomic mass is 16.2. The third-order valence-electron chi connectivity index (χ3n) is 4.43. The summed E-state index contributed by atoms with van der Waals surface area (Å²) in [5, 5.41) is 8.27. The van der Waals surface area contributed by atoms with Crippen LogP contribution in [0, 0.1) is 0 Å². The SMILES string of the molecule is CC(/C=N\NC(=O)c1ccc(N/N=C\C(C)=C\c2ccccc2)cc1)=C\c1ccccc1. The maximum atomic E-state index is 12.3. The molecule has 0 saturated carbocycles. The van der Waals surface area contributed by atoms with E-state index < -0.39 is 0 Å². The van der Waals surface area contributed by atoms with Gasteiger partial charge in [-0.3, -0.25) is 10.2 Å². The van der Waals surface area contributed by atoms with Crippen molar-refractivity contribution in [2.45, 2.75) is 13.8 Å². The predicted molar refractivity (Wildman–Crippen MR) is 135 cm³/mol. The molecule has 32 heavy (non-hydrogen) atoms. The normalized spacial score (nSPS) is 12.3. The number of carbonyl (C=O) groups is 1. The molecule has 3 aromatic rings. The molecule has 5 nitrogen and oxygen atoms in total. The van der Waals surface area contributed by atoms with Crippen molar-refractivity contribution in [3.63, 3.8) is 0 Å². The van der Waals surface area contributed by atoms with Gasteiger partial charge >= 0.3 is 0 Å². The molecule has 0 aliphatic heterocycles. The lowest BCUT2D eigenvalue weighted by atomic mass is 10.1. The molecule has 0 heterocycles. The fourth-order valence-electron chi connectivity index (χ4n) is 2.86. The minimum Gasteiger partial charge on any atom is -0.279 e. The van der Waals surface area contributed by atoms with Gasteiger partial charge in [0.1, 0.15) is 0 Å². The molecule has 2 N–H and O–H groups in total. The number of benzene rings is 3. The lowest BCUT2D eigenvalue weighted by Gasteiger charge is -2.03. The summed E-state index contributed by atoms with van der Waals surface area (Å²) in [6, 6.07) is 27.1. The number of hydrazone groups is 2. The van der Waals surface area contributed by atoms with Crippen LogP contribution in [0.1, 0.15) is 35.3 Å². The first kappa shape index (κ1) is 22.4. The predicted octanol–water partition coefficient (Wildman–Crippen LogP) is 6.01. The Hall–Kier alpha value is -4.25. The van der Waals surface area contributed by atoms with Gasteiger partial charge in [-0.15, -0.1) is 0 Å². The summed E-state index contributed by atoms with van der Waals surface area (Å²) in [4.78, 5) is 12.3. The Morgan fingerprint density at radius 1 is 0.688 bits per heavy atom. The number of hydrogen-bond donors (Lipinski definition) is 2. The second-order valence-electron chi connectivity index (χ2n) is 7.24. The largest absolute Gasteiger partial charge is 0.279 e. The van der Waals surface area contributed by atoms with Crippen LogP contribution in [0.25, 0.3) is 12.2 Å². The Morgan fingerprint density at radius 3 is 1.72 bits per heavy atom. The van der Waals surface area contributed by atoms with Crippen LogP contribution in [0.15, 0.2) is 106 Å². The maximum Gasteiger partial charge on any atom is 0.271 e. The summed E-state index contributed by atoms with van der Waals surface area (Å²) in [6.07, 6.45) is 7.43. The third kappa shape index (κ3) is 7.54. The highest BCUT2D eigenvalue weighted by molar-refractivity contribution is 5.95. The van der Waals surface area contributed by atoms with Crippen molar-refractivity contribution in [2.24, 2.45) is 10.2 Å². The van der Waals surface area contributed by atoms with Crippen molar-refractivity contribution in [2.75, 3.05) is 5.43 Å². The standard InChI is InChI=1S/C27H26N4O/c1-21(17-23-9-5-3-6-10-23)19-28-30-26-15-13-25(14-16-26)27(32)31-29-20-22(2)18-24-11-7-4-8-12-24/h3-20,30H,1-2H3,(H,31,32)/b21-17+,22-18+,28-19-,29-20-. The Bertz CT molecular complexity index is 1130. The number of hydrogen-bond acceptors (Lipinski definition) is 4. The average molecular weight is 423 g/mol. The molecule has 0 unspecified atom stereocenters. The first-order valence-corrected chi connectivity index (χ1v) is 10.3. The van der Waals surface area contributed by atoms with Gasteiger partial charge in [0.25, 0.3) is 5.91 Å².